The Bertz CT molecular complexity index is 787. The Morgan fingerprint density at radius 2 is 1.78 bits per heavy atom. The molecule has 146 valence electrons. The van der Waals surface area contributed by atoms with Crippen LogP contribution in [0.1, 0.15) is 32.8 Å². The van der Waals surface area contributed by atoms with Crippen LogP contribution in [-0.4, -0.2) is 33.5 Å². The first-order chi connectivity index (χ1) is 12.5. The van der Waals surface area contributed by atoms with Gasteiger partial charge in [0.15, 0.2) is 0 Å². The molecular formula is C22H31NO3Si. The zero-order chi connectivity index (χ0) is 20.0. The molecule has 2 heterocycles. The average Bonchev–Trinajstić information content (AvgIpc) is 2.88. The number of benzene rings is 1. The maximum atomic E-state index is 12.7. The summed E-state index contributed by atoms with van der Waals surface area (Å²) in [4.78, 5) is 15.0. The fourth-order valence-corrected chi connectivity index (χ4v) is 4.58. The minimum atomic E-state index is -2.04. The third-order valence-corrected chi connectivity index (χ3v) is 10.5. The van der Waals surface area contributed by atoms with Crippen LogP contribution in [0, 0.1) is 6.92 Å². The Morgan fingerprint density at radius 1 is 1.15 bits per heavy atom. The van der Waals surface area contributed by atoms with Gasteiger partial charge in [-0.15, -0.1) is 0 Å². The van der Waals surface area contributed by atoms with Crippen molar-refractivity contribution >= 4 is 20.0 Å². The van der Waals surface area contributed by atoms with E-state index in [-0.39, 0.29) is 23.1 Å². The van der Waals surface area contributed by atoms with E-state index < -0.39 is 8.32 Å². The molecule has 0 spiro atoms. The molecule has 5 heteroatoms. The summed E-state index contributed by atoms with van der Waals surface area (Å²) in [5.74, 6) is 0.521. The maximum Gasteiger partial charge on any atom is 0.339 e. The molecule has 2 bridgehead atoms. The highest BCUT2D eigenvalue weighted by atomic mass is 28.4. The Labute approximate surface area is 164 Å². The molecule has 2 unspecified atom stereocenters. The molecule has 27 heavy (non-hydrogen) atoms. The summed E-state index contributed by atoms with van der Waals surface area (Å²) < 4.78 is 11.8. The first-order valence-corrected chi connectivity index (χ1v) is 12.5. The van der Waals surface area contributed by atoms with Crippen molar-refractivity contribution in [2.75, 3.05) is 12.0 Å². The molecule has 0 aromatic heterocycles. The molecule has 2 atom stereocenters. The number of nitrogens with zero attached hydrogens (tertiary/aromatic N) is 1. The van der Waals surface area contributed by atoms with E-state index in [1.54, 1.807) is 0 Å². The van der Waals surface area contributed by atoms with Crippen LogP contribution in [0.25, 0.3) is 0 Å². The molecule has 0 radical (unpaired) electrons. The fourth-order valence-electron chi connectivity index (χ4n) is 3.46. The number of carbonyl (C=O) groups excluding carboxylic acids is 1. The Balaban J connectivity index is 2.02. The lowest BCUT2D eigenvalue weighted by molar-refractivity contribution is -0.136. The van der Waals surface area contributed by atoms with Gasteiger partial charge in [0.05, 0.1) is 30.5 Å². The number of hydrogen-bond acceptors (Lipinski definition) is 4. The zero-order valence-corrected chi connectivity index (χ0v) is 18.5. The minimum absolute atomic E-state index is 0.0712. The highest BCUT2D eigenvalue weighted by molar-refractivity contribution is 6.74. The van der Waals surface area contributed by atoms with Gasteiger partial charge in [-0.25, -0.2) is 4.79 Å². The quantitative estimate of drug-likeness (QED) is 0.417. The van der Waals surface area contributed by atoms with Crippen molar-refractivity contribution < 1.29 is 14.0 Å². The minimum Gasteiger partial charge on any atom is -0.546 e. The summed E-state index contributed by atoms with van der Waals surface area (Å²) in [5, 5.41) is 0.0712. The average molecular weight is 386 g/mol. The zero-order valence-electron chi connectivity index (χ0n) is 17.5. The van der Waals surface area contributed by atoms with Gasteiger partial charge in [-0.05, 0) is 37.2 Å². The van der Waals surface area contributed by atoms with E-state index in [9.17, 15) is 4.79 Å². The van der Waals surface area contributed by atoms with Gasteiger partial charge in [-0.3, -0.25) is 0 Å². The largest absolute Gasteiger partial charge is 0.546 e. The van der Waals surface area contributed by atoms with Crippen molar-refractivity contribution in [3.05, 3.63) is 53.3 Å². The van der Waals surface area contributed by atoms with Crippen LogP contribution in [0.4, 0.5) is 5.69 Å². The summed E-state index contributed by atoms with van der Waals surface area (Å²) >= 11 is 0. The predicted octanol–water partition coefficient (Wildman–Crippen LogP) is 4.96. The number of ether oxygens (including phenoxy) is 1. The highest BCUT2D eigenvalue weighted by Crippen LogP contribution is 2.44. The molecule has 0 amide bonds. The number of methoxy groups -OCH3 is 1. The normalized spacial score (nSPS) is 22.3. The lowest BCUT2D eigenvalue weighted by Crippen LogP contribution is -2.48. The molecule has 2 aliphatic heterocycles. The van der Waals surface area contributed by atoms with Gasteiger partial charge in [0.25, 0.3) is 0 Å². The molecule has 1 aromatic carbocycles. The number of anilines is 1. The number of carbonyl (C=O) groups is 1. The third-order valence-electron chi connectivity index (χ3n) is 6.09. The van der Waals surface area contributed by atoms with Crippen LogP contribution in [0.3, 0.4) is 0 Å². The van der Waals surface area contributed by atoms with E-state index >= 15 is 0 Å². The topological polar surface area (TPSA) is 38.8 Å². The Hall–Kier alpha value is -2.01. The molecule has 3 rings (SSSR count). The predicted molar refractivity (Wildman–Crippen MR) is 112 cm³/mol. The number of hydrogen-bond donors (Lipinski definition) is 0. The lowest BCUT2D eigenvalue weighted by Gasteiger charge is -2.43. The molecule has 1 aromatic rings. The summed E-state index contributed by atoms with van der Waals surface area (Å²) in [6, 6.07) is 8.52. The van der Waals surface area contributed by atoms with Crippen molar-refractivity contribution in [2.45, 2.75) is 64.3 Å². The van der Waals surface area contributed by atoms with Gasteiger partial charge in [-0.2, -0.15) is 0 Å². The summed E-state index contributed by atoms with van der Waals surface area (Å²) in [6.07, 6.45) is 4.99. The van der Waals surface area contributed by atoms with Crippen molar-refractivity contribution in [3.63, 3.8) is 0 Å². The second kappa shape index (κ2) is 6.86. The molecular weight excluding hydrogens is 354 g/mol. The lowest BCUT2D eigenvalue weighted by atomic mass is 9.97. The van der Waals surface area contributed by atoms with E-state index in [4.69, 9.17) is 9.16 Å². The molecule has 0 saturated carbocycles. The Kier molecular flexibility index (Phi) is 5.01. The monoisotopic (exact) mass is 385 g/mol. The third kappa shape index (κ3) is 3.57. The van der Waals surface area contributed by atoms with E-state index in [2.05, 4.69) is 82.1 Å². The van der Waals surface area contributed by atoms with E-state index in [0.29, 0.717) is 12.0 Å². The van der Waals surface area contributed by atoms with Crippen LogP contribution in [-0.2, 0) is 14.0 Å². The number of aryl methyl sites for hydroxylation is 1. The second-order valence-electron chi connectivity index (χ2n) is 9.03. The summed E-state index contributed by atoms with van der Waals surface area (Å²) in [7, 11) is -0.600. The number of esters is 1. The van der Waals surface area contributed by atoms with Crippen molar-refractivity contribution in [1.82, 2.24) is 0 Å². The van der Waals surface area contributed by atoms with E-state index in [0.717, 1.165) is 11.4 Å². The summed E-state index contributed by atoms with van der Waals surface area (Å²) in [5.41, 5.74) is 2.99. The maximum absolute atomic E-state index is 12.7. The van der Waals surface area contributed by atoms with E-state index in [1.165, 1.54) is 12.7 Å². The van der Waals surface area contributed by atoms with E-state index in [1.807, 2.05) is 0 Å². The highest BCUT2D eigenvalue weighted by Gasteiger charge is 2.46. The molecule has 0 saturated heterocycles. The van der Waals surface area contributed by atoms with Crippen molar-refractivity contribution in [2.24, 2.45) is 0 Å². The smallest absolute Gasteiger partial charge is 0.339 e. The number of rotatable bonds is 4. The summed E-state index contributed by atoms with van der Waals surface area (Å²) in [6.45, 7) is 13.2. The van der Waals surface area contributed by atoms with Gasteiger partial charge in [0.1, 0.15) is 0 Å². The van der Waals surface area contributed by atoms with Crippen LogP contribution >= 0.6 is 0 Å². The van der Waals surface area contributed by atoms with Crippen molar-refractivity contribution in [3.8, 4) is 0 Å². The van der Waals surface area contributed by atoms with Gasteiger partial charge < -0.3 is 14.1 Å². The molecule has 2 aliphatic rings. The van der Waals surface area contributed by atoms with Crippen LogP contribution in [0.15, 0.2) is 47.7 Å². The van der Waals surface area contributed by atoms with Gasteiger partial charge >= 0.3 is 5.97 Å². The Morgan fingerprint density at radius 3 is 2.33 bits per heavy atom. The van der Waals surface area contributed by atoms with Crippen LogP contribution in [0.2, 0.25) is 18.1 Å². The van der Waals surface area contributed by atoms with Crippen molar-refractivity contribution in [1.29, 1.82) is 0 Å². The SMILES string of the molecule is COC(=O)C1=C(O[Si](C)(C)C(C)(C)C)CC2C=CC1N2c1ccc(C)cc1. The van der Waals surface area contributed by atoms with Crippen LogP contribution < -0.4 is 4.90 Å². The first-order valence-electron chi connectivity index (χ1n) is 9.59. The second-order valence-corrected chi connectivity index (χ2v) is 13.8. The molecule has 0 aliphatic carbocycles. The molecule has 0 fully saturated rings. The van der Waals surface area contributed by atoms with Gasteiger partial charge in [-0.1, -0.05) is 50.6 Å². The van der Waals surface area contributed by atoms with Crippen LogP contribution in [0.5, 0.6) is 0 Å². The molecule has 0 N–H and O–H groups in total. The first kappa shape index (κ1) is 19.7. The number of fused-ring (bicyclic) bond motifs is 2. The fraction of sp³-hybridized carbons (Fsp3) is 0.500. The van der Waals surface area contributed by atoms with Gasteiger partial charge in [0.2, 0.25) is 8.32 Å². The van der Waals surface area contributed by atoms with Gasteiger partial charge in [0, 0.05) is 12.1 Å². The standard InChI is InChI=1S/C22H31NO3Si/c1-15-8-10-16(11-9-15)23-17-12-13-18(23)20(21(24)25-5)19(14-17)26-27(6,7)22(2,3)4/h8-13,17-18H,14H2,1-7H3. The molecule has 4 nitrogen and oxygen atoms in total.